The summed E-state index contributed by atoms with van der Waals surface area (Å²) < 4.78 is 4.96. The number of aryl methyl sites for hydroxylation is 1. The minimum absolute atomic E-state index is 0.715. The summed E-state index contributed by atoms with van der Waals surface area (Å²) in [5.74, 6) is 0.841. The monoisotopic (exact) mass is 203 g/mol. The number of aromatic nitrogens is 2. The predicted octanol–water partition coefficient (Wildman–Crippen LogP) is 1.67. The molecule has 0 amide bonds. The molecule has 0 atom stereocenters. The molecule has 0 spiro atoms. The zero-order valence-corrected chi connectivity index (χ0v) is 8.60. The minimum atomic E-state index is 0.715. The summed E-state index contributed by atoms with van der Waals surface area (Å²) in [6.45, 7) is 3.39. The lowest BCUT2D eigenvalue weighted by Gasteiger charge is -2.00. The molecular weight excluding hydrogens is 190 g/mol. The maximum Gasteiger partial charge on any atom is 0.133 e. The molecule has 4 nitrogen and oxygen atoms in total. The van der Waals surface area contributed by atoms with Gasteiger partial charge in [-0.05, 0) is 18.6 Å². The predicted molar refractivity (Wildman–Crippen MR) is 56.0 cm³/mol. The molecular formula is C11H13N3O. The Bertz CT molecular complexity index is 411. The van der Waals surface area contributed by atoms with E-state index in [0.29, 0.717) is 6.54 Å². The van der Waals surface area contributed by atoms with Crippen molar-refractivity contribution in [3.63, 3.8) is 0 Å². The van der Waals surface area contributed by atoms with E-state index in [2.05, 4.69) is 15.5 Å². The van der Waals surface area contributed by atoms with Crippen LogP contribution in [0.2, 0.25) is 0 Å². The highest BCUT2D eigenvalue weighted by atomic mass is 16.5. The van der Waals surface area contributed by atoms with Gasteiger partial charge in [0.1, 0.15) is 5.76 Å². The average Bonchev–Trinajstić information content (AvgIpc) is 2.66. The standard InChI is InChI=1S/C11H13N3O/c1-9-5-11(14-15-9)8-13-7-10-3-2-4-12-6-10/h2-6,13H,7-8H2,1H3. The van der Waals surface area contributed by atoms with Crippen LogP contribution in [0.5, 0.6) is 0 Å². The number of nitrogens with one attached hydrogen (secondary N) is 1. The van der Waals surface area contributed by atoms with E-state index in [9.17, 15) is 0 Å². The molecule has 0 saturated heterocycles. The van der Waals surface area contributed by atoms with Gasteiger partial charge in [-0.3, -0.25) is 4.98 Å². The van der Waals surface area contributed by atoms with Crippen molar-refractivity contribution in [2.75, 3.05) is 0 Å². The van der Waals surface area contributed by atoms with Gasteiger partial charge in [0.05, 0.1) is 5.69 Å². The lowest BCUT2D eigenvalue weighted by atomic mass is 10.3. The lowest BCUT2D eigenvalue weighted by Crippen LogP contribution is -2.12. The summed E-state index contributed by atoms with van der Waals surface area (Å²) in [5, 5.41) is 7.16. The summed E-state index contributed by atoms with van der Waals surface area (Å²) in [7, 11) is 0. The molecule has 2 aromatic rings. The van der Waals surface area contributed by atoms with Gasteiger partial charge in [-0.15, -0.1) is 0 Å². The van der Waals surface area contributed by atoms with Crippen LogP contribution in [0.3, 0.4) is 0 Å². The Morgan fingerprint density at radius 1 is 1.40 bits per heavy atom. The van der Waals surface area contributed by atoms with E-state index in [1.807, 2.05) is 31.3 Å². The van der Waals surface area contributed by atoms with Gasteiger partial charge in [0, 0.05) is 31.5 Å². The van der Waals surface area contributed by atoms with Gasteiger partial charge >= 0.3 is 0 Å². The van der Waals surface area contributed by atoms with Crippen molar-refractivity contribution in [2.45, 2.75) is 20.0 Å². The van der Waals surface area contributed by atoms with Gasteiger partial charge in [0.25, 0.3) is 0 Å². The molecule has 0 unspecified atom stereocenters. The zero-order valence-electron chi connectivity index (χ0n) is 8.60. The number of hydrogen-bond donors (Lipinski definition) is 1. The Balaban J connectivity index is 1.80. The third-order valence-electron chi connectivity index (χ3n) is 2.03. The van der Waals surface area contributed by atoms with Crippen LogP contribution < -0.4 is 5.32 Å². The zero-order chi connectivity index (χ0) is 10.5. The van der Waals surface area contributed by atoms with Gasteiger partial charge in [-0.1, -0.05) is 11.2 Å². The van der Waals surface area contributed by atoms with Crippen LogP contribution in [0.25, 0.3) is 0 Å². The molecule has 2 heterocycles. The van der Waals surface area contributed by atoms with Crippen molar-refractivity contribution in [1.29, 1.82) is 0 Å². The van der Waals surface area contributed by atoms with Crippen molar-refractivity contribution in [3.05, 3.63) is 47.6 Å². The highest BCUT2D eigenvalue weighted by Gasteiger charge is 1.99. The fourth-order valence-electron chi connectivity index (χ4n) is 1.34. The summed E-state index contributed by atoms with van der Waals surface area (Å²) in [4.78, 5) is 4.04. The summed E-state index contributed by atoms with van der Waals surface area (Å²) in [6.07, 6.45) is 3.62. The fraction of sp³-hybridized carbons (Fsp3) is 0.273. The molecule has 0 saturated carbocycles. The molecule has 78 valence electrons. The quantitative estimate of drug-likeness (QED) is 0.821. The second kappa shape index (κ2) is 4.70. The van der Waals surface area contributed by atoms with Crippen molar-refractivity contribution in [1.82, 2.24) is 15.5 Å². The maximum atomic E-state index is 4.96. The van der Waals surface area contributed by atoms with Crippen LogP contribution in [0.4, 0.5) is 0 Å². The average molecular weight is 203 g/mol. The van der Waals surface area contributed by atoms with E-state index in [1.165, 1.54) is 0 Å². The van der Waals surface area contributed by atoms with Gasteiger partial charge in [0.15, 0.2) is 0 Å². The fourth-order valence-corrected chi connectivity index (χ4v) is 1.34. The first kappa shape index (κ1) is 9.86. The summed E-state index contributed by atoms with van der Waals surface area (Å²) in [5.41, 5.74) is 2.09. The van der Waals surface area contributed by atoms with Crippen LogP contribution >= 0.6 is 0 Å². The number of nitrogens with zero attached hydrogens (tertiary/aromatic N) is 2. The topological polar surface area (TPSA) is 51.0 Å². The van der Waals surface area contributed by atoms with E-state index in [0.717, 1.165) is 23.6 Å². The molecule has 15 heavy (non-hydrogen) atoms. The van der Waals surface area contributed by atoms with Crippen molar-refractivity contribution in [2.24, 2.45) is 0 Å². The maximum absolute atomic E-state index is 4.96. The van der Waals surface area contributed by atoms with Gasteiger partial charge < -0.3 is 9.84 Å². The first-order chi connectivity index (χ1) is 7.34. The Morgan fingerprint density at radius 2 is 2.33 bits per heavy atom. The smallest absolute Gasteiger partial charge is 0.133 e. The van der Waals surface area contributed by atoms with E-state index in [4.69, 9.17) is 4.52 Å². The van der Waals surface area contributed by atoms with Crippen LogP contribution in [-0.4, -0.2) is 10.1 Å². The normalized spacial score (nSPS) is 10.5. The number of hydrogen-bond acceptors (Lipinski definition) is 4. The molecule has 2 rings (SSSR count). The molecule has 2 aromatic heterocycles. The van der Waals surface area contributed by atoms with Crippen LogP contribution in [-0.2, 0) is 13.1 Å². The number of pyridine rings is 1. The molecule has 0 radical (unpaired) electrons. The Morgan fingerprint density at radius 3 is 3.00 bits per heavy atom. The minimum Gasteiger partial charge on any atom is -0.361 e. The van der Waals surface area contributed by atoms with E-state index >= 15 is 0 Å². The van der Waals surface area contributed by atoms with E-state index < -0.39 is 0 Å². The van der Waals surface area contributed by atoms with E-state index in [1.54, 1.807) is 6.20 Å². The van der Waals surface area contributed by atoms with Crippen LogP contribution in [0.1, 0.15) is 17.0 Å². The molecule has 0 fully saturated rings. The molecule has 0 bridgehead atoms. The number of rotatable bonds is 4. The van der Waals surface area contributed by atoms with Crippen LogP contribution in [0.15, 0.2) is 35.1 Å². The largest absolute Gasteiger partial charge is 0.361 e. The molecule has 0 aliphatic heterocycles. The first-order valence-electron chi connectivity index (χ1n) is 4.86. The van der Waals surface area contributed by atoms with Crippen molar-refractivity contribution in [3.8, 4) is 0 Å². The Hall–Kier alpha value is -1.68. The molecule has 1 N–H and O–H groups in total. The molecule has 0 aliphatic carbocycles. The SMILES string of the molecule is Cc1cc(CNCc2cccnc2)no1. The third-order valence-corrected chi connectivity index (χ3v) is 2.03. The lowest BCUT2D eigenvalue weighted by molar-refractivity contribution is 0.388. The Kier molecular flexibility index (Phi) is 3.09. The van der Waals surface area contributed by atoms with Crippen molar-refractivity contribution < 1.29 is 4.52 Å². The molecule has 4 heteroatoms. The third kappa shape index (κ3) is 2.89. The van der Waals surface area contributed by atoms with Gasteiger partial charge in [-0.25, -0.2) is 0 Å². The first-order valence-corrected chi connectivity index (χ1v) is 4.86. The van der Waals surface area contributed by atoms with Gasteiger partial charge in [-0.2, -0.15) is 0 Å². The summed E-state index contributed by atoms with van der Waals surface area (Å²) >= 11 is 0. The van der Waals surface area contributed by atoms with Crippen LogP contribution in [0, 0.1) is 6.92 Å². The molecule has 0 aliphatic rings. The molecule has 0 aromatic carbocycles. The second-order valence-corrected chi connectivity index (χ2v) is 3.39. The highest BCUT2D eigenvalue weighted by Crippen LogP contribution is 2.01. The van der Waals surface area contributed by atoms with Crippen molar-refractivity contribution >= 4 is 0 Å². The summed E-state index contributed by atoms with van der Waals surface area (Å²) in [6, 6.07) is 5.89. The van der Waals surface area contributed by atoms with Gasteiger partial charge in [0.2, 0.25) is 0 Å². The van der Waals surface area contributed by atoms with E-state index in [-0.39, 0.29) is 0 Å². The second-order valence-electron chi connectivity index (χ2n) is 3.39. The highest BCUT2D eigenvalue weighted by molar-refractivity contribution is 5.08. The Labute approximate surface area is 88.3 Å².